The highest BCUT2D eigenvalue weighted by molar-refractivity contribution is 5.56. The lowest BCUT2D eigenvalue weighted by Crippen LogP contribution is -1.90. The van der Waals surface area contributed by atoms with Gasteiger partial charge in [-0.05, 0) is 99.6 Å². The highest BCUT2D eigenvalue weighted by Crippen LogP contribution is 2.26. The molecule has 0 saturated heterocycles. The van der Waals surface area contributed by atoms with E-state index in [9.17, 15) is 0 Å². The van der Waals surface area contributed by atoms with E-state index in [0.29, 0.717) is 5.75 Å². The number of rotatable bonds is 2. The summed E-state index contributed by atoms with van der Waals surface area (Å²) in [5.74, 6) is 20.9. The van der Waals surface area contributed by atoms with Crippen molar-refractivity contribution in [2.45, 2.75) is 20.8 Å². The fourth-order valence-electron chi connectivity index (χ4n) is 3.87. The first-order valence-electron chi connectivity index (χ1n) is 13.2. The van der Waals surface area contributed by atoms with Gasteiger partial charge in [0.25, 0.3) is 0 Å². The summed E-state index contributed by atoms with van der Waals surface area (Å²) in [7, 11) is 0. The molecule has 40 heavy (non-hydrogen) atoms. The molecule has 0 radical (unpaired) electrons. The van der Waals surface area contributed by atoms with E-state index in [0.717, 1.165) is 39.1 Å². The second-order valence-electron chi connectivity index (χ2n) is 9.69. The van der Waals surface area contributed by atoms with Gasteiger partial charge in [-0.15, -0.1) is 0 Å². The van der Waals surface area contributed by atoms with Crippen molar-refractivity contribution in [1.82, 2.24) is 0 Å². The molecule has 0 aliphatic carbocycles. The third-order valence-electron chi connectivity index (χ3n) is 6.26. The smallest absolute Gasteiger partial charge is 0.143 e. The first kappa shape index (κ1) is 26.2. The van der Waals surface area contributed by atoms with Crippen LogP contribution in [0.2, 0.25) is 0 Å². The van der Waals surface area contributed by atoms with Crippen molar-refractivity contribution < 1.29 is 4.74 Å². The normalized spacial score (nSPS) is 9.78. The van der Waals surface area contributed by atoms with Gasteiger partial charge in [-0.1, -0.05) is 88.6 Å². The lowest BCUT2D eigenvalue weighted by molar-refractivity contribution is 0.481. The largest absolute Gasteiger partial charge is 0.456 e. The first-order valence-corrected chi connectivity index (χ1v) is 13.2. The standard InChI is InChI=1S/C39H28O/c1-29-4-10-32(11-5-29)16-17-35-21-25-38(26-22-35)40-39-27-23-36(19-18-33-12-6-30(2)7-13-33)28-37(39)24-20-34-14-8-31(3)9-15-34/h4-15,21-23,25-28H,1-3H3. The fraction of sp³-hybridized carbons (Fsp3) is 0.0769. The van der Waals surface area contributed by atoms with Crippen molar-refractivity contribution in [2.75, 3.05) is 0 Å². The Morgan fingerprint density at radius 3 is 1.18 bits per heavy atom. The minimum atomic E-state index is 0.680. The Morgan fingerprint density at radius 2 is 0.725 bits per heavy atom. The molecular weight excluding hydrogens is 484 g/mol. The Kier molecular flexibility index (Phi) is 8.13. The molecule has 0 fully saturated rings. The van der Waals surface area contributed by atoms with Crippen molar-refractivity contribution in [3.63, 3.8) is 0 Å². The highest BCUT2D eigenvalue weighted by Gasteiger charge is 2.05. The molecule has 1 nitrogen and oxygen atoms in total. The zero-order valence-electron chi connectivity index (χ0n) is 22.9. The lowest BCUT2D eigenvalue weighted by Gasteiger charge is -2.09. The summed E-state index contributed by atoms with van der Waals surface area (Å²) in [4.78, 5) is 0. The monoisotopic (exact) mass is 512 g/mol. The molecule has 0 saturated carbocycles. The van der Waals surface area contributed by atoms with E-state index in [1.54, 1.807) is 0 Å². The maximum Gasteiger partial charge on any atom is 0.143 e. The summed E-state index contributed by atoms with van der Waals surface area (Å²) < 4.78 is 6.28. The van der Waals surface area contributed by atoms with Crippen LogP contribution in [-0.4, -0.2) is 0 Å². The maximum absolute atomic E-state index is 6.28. The molecule has 5 aromatic rings. The van der Waals surface area contributed by atoms with E-state index in [1.165, 1.54) is 16.7 Å². The van der Waals surface area contributed by atoms with Gasteiger partial charge in [0, 0.05) is 27.8 Å². The summed E-state index contributed by atoms with van der Waals surface area (Å²) in [6, 6.07) is 38.3. The van der Waals surface area contributed by atoms with Crippen molar-refractivity contribution in [3.8, 4) is 47.0 Å². The molecule has 190 valence electrons. The number of hydrogen-bond acceptors (Lipinski definition) is 1. The lowest BCUT2D eigenvalue weighted by atomic mass is 10.1. The van der Waals surface area contributed by atoms with E-state index < -0.39 is 0 Å². The minimum absolute atomic E-state index is 0.680. The van der Waals surface area contributed by atoms with Gasteiger partial charge in [-0.3, -0.25) is 0 Å². The summed E-state index contributed by atoms with van der Waals surface area (Å²) >= 11 is 0. The number of benzene rings is 5. The van der Waals surface area contributed by atoms with Crippen LogP contribution in [0.5, 0.6) is 11.5 Å². The van der Waals surface area contributed by atoms with E-state index in [-0.39, 0.29) is 0 Å². The molecule has 5 aromatic carbocycles. The average molecular weight is 513 g/mol. The van der Waals surface area contributed by atoms with Gasteiger partial charge in [0.05, 0.1) is 5.56 Å². The molecule has 0 unspecified atom stereocenters. The Labute approximate surface area is 237 Å². The topological polar surface area (TPSA) is 9.23 Å². The van der Waals surface area contributed by atoms with Crippen LogP contribution in [0.15, 0.2) is 115 Å². The predicted octanol–water partition coefficient (Wildman–Crippen LogP) is 8.60. The van der Waals surface area contributed by atoms with E-state index >= 15 is 0 Å². The van der Waals surface area contributed by atoms with Crippen LogP contribution in [0.1, 0.15) is 50.1 Å². The van der Waals surface area contributed by atoms with Gasteiger partial charge in [-0.2, -0.15) is 0 Å². The summed E-state index contributed by atoms with van der Waals surface area (Å²) in [5.41, 5.74) is 9.14. The predicted molar refractivity (Wildman–Crippen MR) is 164 cm³/mol. The molecule has 0 aromatic heterocycles. The Bertz CT molecular complexity index is 1800. The highest BCUT2D eigenvalue weighted by atomic mass is 16.5. The van der Waals surface area contributed by atoms with Crippen LogP contribution < -0.4 is 4.74 Å². The third-order valence-corrected chi connectivity index (χ3v) is 6.26. The molecule has 0 N–H and O–H groups in total. The molecule has 0 aliphatic rings. The van der Waals surface area contributed by atoms with Crippen molar-refractivity contribution in [1.29, 1.82) is 0 Å². The molecule has 0 bridgehead atoms. The van der Waals surface area contributed by atoms with Gasteiger partial charge in [0.1, 0.15) is 11.5 Å². The third kappa shape index (κ3) is 7.33. The number of ether oxygens (including phenoxy) is 1. The number of hydrogen-bond donors (Lipinski definition) is 0. The summed E-state index contributed by atoms with van der Waals surface area (Å²) in [5, 5.41) is 0. The summed E-state index contributed by atoms with van der Waals surface area (Å²) in [6.07, 6.45) is 0. The van der Waals surface area contributed by atoms with E-state index in [4.69, 9.17) is 4.74 Å². The van der Waals surface area contributed by atoms with Gasteiger partial charge in [0.15, 0.2) is 0 Å². The average Bonchev–Trinajstić information content (AvgIpc) is 2.98. The van der Waals surface area contributed by atoms with Crippen LogP contribution in [0.4, 0.5) is 0 Å². The Balaban J connectivity index is 1.40. The van der Waals surface area contributed by atoms with Crippen molar-refractivity contribution in [2.24, 2.45) is 0 Å². The Hall–Kier alpha value is -5.42. The molecular formula is C39H28O. The van der Waals surface area contributed by atoms with E-state index in [2.05, 4.69) is 92.7 Å². The molecule has 5 rings (SSSR count). The van der Waals surface area contributed by atoms with Crippen LogP contribution in [-0.2, 0) is 0 Å². The Morgan fingerprint density at radius 1 is 0.375 bits per heavy atom. The van der Waals surface area contributed by atoms with Crippen LogP contribution in [0.3, 0.4) is 0 Å². The van der Waals surface area contributed by atoms with Crippen molar-refractivity contribution in [3.05, 3.63) is 165 Å². The maximum atomic E-state index is 6.28. The van der Waals surface area contributed by atoms with E-state index in [1.807, 2.05) is 78.9 Å². The van der Waals surface area contributed by atoms with Crippen LogP contribution in [0.25, 0.3) is 0 Å². The molecule has 1 heteroatoms. The first-order chi connectivity index (χ1) is 19.5. The van der Waals surface area contributed by atoms with Crippen LogP contribution >= 0.6 is 0 Å². The van der Waals surface area contributed by atoms with Crippen molar-refractivity contribution >= 4 is 0 Å². The second-order valence-corrected chi connectivity index (χ2v) is 9.69. The minimum Gasteiger partial charge on any atom is -0.456 e. The zero-order chi connectivity index (χ0) is 27.7. The molecule has 0 atom stereocenters. The fourth-order valence-corrected chi connectivity index (χ4v) is 3.87. The molecule has 0 heterocycles. The molecule has 0 aliphatic heterocycles. The van der Waals surface area contributed by atoms with Gasteiger partial charge >= 0.3 is 0 Å². The quantitative estimate of drug-likeness (QED) is 0.215. The van der Waals surface area contributed by atoms with Gasteiger partial charge < -0.3 is 4.74 Å². The van der Waals surface area contributed by atoms with Crippen LogP contribution in [0, 0.1) is 56.3 Å². The molecule has 0 amide bonds. The summed E-state index contributed by atoms with van der Waals surface area (Å²) in [6.45, 7) is 6.21. The van der Waals surface area contributed by atoms with Gasteiger partial charge in [0.2, 0.25) is 0 Å². The zero-order valence-corrected chi connectivity index (χ0v) is 22.9. The molecule has 0 spiro atoms. The second kappa shape index (κ2) is 12.4. The number of aryl methyl sites for hydroxylation is 3. The van der Waals surface area contributed by atoms with Gasteiger partial charge in [-0.25, -0.2) is 0 Å². The SMILES string of the molecule is Cc1ccc(C#Cc2ccc(Oc3ccc(C#Cc4ccc(C)cc4)cc3C#Cc3ccc(C)cc3)cc2)cc1.